The standard InChI is InChI=1S/C14H22N2OS/c15-9-8-14(17)16(11-13-7-4-10-18-13)12-5-2-1-3-6-12/h4,7,10,12H,1-3,5-6,8-9,11,15H2. The maximum absolute atomic E-state index is 12.2. The fourth-order valence-corrected chi connectivity index (χ4v) is 3.35. The Morgan fingerprint density at radius 3 is 2.78 bits per heavy atom. The number of thiophene rings is 1. The number of carbonyl (C=O) groups excluding carboxylic acids is 1. The highest BCUT2D eigenvalue weighted by atomic mass is 32.1. The maximum Gasteiger partial charge on any atom is 0.224 e. The molecule has 4 heteroatoms. The summed E-state index contributed by atoms with van der Waals surface area (Å²) in [4.78, 5) is 15.6. The van der Waals surface area contributed by atoms with Gasteiger partial charge in [0, 0.05) is 23.9 Å². The molecule has 2 rings (SSSR count). The van der Waals surface area contributed by atoms with Crippen LogP contribution >= 0.6 is 11.3 Å². The van der Waals surface area contributed by atoms with Crippen LogP contribution in [0.4, 0.5) is 0 Å². The number of rotatable bonds is 5. The van der Waals surface area contributed by atoms with Gasteiger partial charge in [-0.2, -0.15) is 0 Å². The second-order valence-electron chi connectivity index (χ2n) is 4.93. The summed E-state index contributed by atoms with van der Waals surface area (Å²) in [5.74, 6) is 0.220. The van der Waals surface area contributed by atoms with Gasteiger partial charge in [-0.15, -0.1) is 11.3 Å². The van der Waals surface area contributed by atoms with Gasteiger partial charge in [0.25, 0.3) is 0 Å². The van der Waals surface area contributed by atoms with E-state index in [0.29, 0.717) is 19.0 Å². The van der Waals surface area contributed by atoms with Crippen molar-refractivity contribution >= 4 is 17.2 Å². The first-order valence-electron chi connectivity index (χ1n) is 6.83. The molecule has 0 saturated heterocycles. The fraction of sp³-hybridized carbons (Fsp3) is 0.643. The van der Waals surface area contributed by atoms with Crippen molar-refractivity contribution in [1.82, 2.24) is 4.90 Å². The predicted octanol–water partition coefficient (Wildman–Crippen LogP) is 2.76. The van der Waals surface area contributed by atoms with Gasteiger partial charge < -0.3 is 10.6 Å². The Kier molecular flexibility index (Phi) is 5.20. The molecule has 1 amide bonds. The highest BCUT2D eigenvalue weighted by Gasteiger charge is 2.25. The van der Waals surface area contributed by atoms with Crippen molar-refractivity contribution in [2.45, 2.75) is 51.1 Å². The summed E-state index contributed by atoms with van der Waals surface area (Å²) in [5.41, 5.74) is 5.53. The Morgan fingerprint density at radius 2 is 2.17 bits per heavy atom. The predicted molar refractivity (Wildman–Crippen MR) is 75.4 cm³/mol. The van der Waals surface area contributed by atoms with Crippen LogP contribution in [0.15, 0.2) is 17.5 Å². The highest BCUT2D eigenvalue weighted by molar-refractivity contribution is 7.09. The van der Waals surface area contributed by atoms with E-state index in [1.165, 1.54) is 24.1 Å². The van der Waals surface area contributed by atoms with Gasteiger partial charge in [-0.3, -0.25) is 4.79 Å². The van der Waals surface area contributed by atoms with Gasteiger partial charge in [0.05, 0.1) is 6.54 Å². The molecule has 1 aromatic heterocycles. The Labute approximate surface area is 113 Å². The average molecular weight is 266 g/mol. The largest absolute Gasteiger partial charge is 0.335 e. The molecule has 1 aromatic rings. The molecule has 18 heavy (non-hydrogen) atoms. The molecule has 100 valence electrons. The molecular weight excluding hydrogens is 244 g/mol. The lowest BCUT2D eigenvalue weighted by Crippen LogP contribution is -2.41. The molecule has 0 atom stereocenters. The molecule has 1 heterocycles. The van der Waals surface area contributed by atoms with Gasteiger partial charge in [-0.1, -0.05) is 25.3 Å². The second-order valence-corrected chi connectivity index (χ2v) is 5.96. The number of nitrogens with two attached hydrogens (primary N) is 1. The summed E-state index contributed by atoms with van der Waals surface area (Å²) in [6, 6.07) is 4.59. The van der Waals surface area contributed by atoms with Crippen molar-refractivity contribution in [2.75, 3.05) is 6.54 Å². The summed E-state index contributed by atoms with van der Waals surface area (Å²) < 4.78 is 0. The van der Waals surface area contributed by atoms with E-state index in [-0.39, 0.29) is 5.91 Å². The number of amides is 1. The summed E-state index contributed by atoms with van der Waals surface area (Å²) in [6.45, 7) is 1.22. The minimum atomic E-state index is 0.220. The summed E-state index contributed by atoms with van der Waals surface area (Å²) in [6.07, 6.45) is 6.60. The molecule has 0 radical (unpaired) electrons. The lowest BCUT2D eigenvalue weighted by Gasteiger charge is -2.34. The highest BCUT2D eigenvalue weighted by Crippen LogP contribution is 2.25. The molecule has 2 N–H and O–H groups in total. The van der Waals surface area contributed by atoms with E-state index in [2.05, 4.69) is 16.3 Å². The zero-order valence-corrected chi connectivity index (χ0v) is 11.6. The third-order valence-electron chi connectivity index (χ3n) is 3.60. The quantitative estimate of drug-likeness (QED) is 0.890. The molecule has 0 unspecified atom stereocenters. The number of carbonyl (C=O) groups is 1. The second kappa shape index (κ2) is 6.90. The van der Waals surface area contributed by atoms with Crippen LogP contribution in [-0.2, 0) is 11.3 Å². The molecule has 1 fully saturated rings. The van der Waals surface area contributed by atoms with E-state index < -0.39 is 0 Å². The molecule has 1 aliphatic rings. The normalized spacial score (nSPS) is 16.7. The average Bonchev–Trinajstić information content (AvgIpc) is 2.90. The van der Waals surface area contributed by atoms with E-state index in [9.17, 15) is 4.79 Å². The van der Waals surface area contributed by atoms with Crippen molar-refractivity contribution in [3.8, 4) is 0 Å². The molecular formula is C14H22N2OS. The lowest BCUT2D eigenvalue weighted by atomic mass is 9.94. The number of nitrogens with zero attached hydrogens (tertiary/aromatic N) is 1. The monoisotopic (exact) mass is 266 g/mol. The minimum Gasteiger partial charge on any atom is -0.335 e. The van der Waals surface area contributed by atoms with Crippen LogP contribution in [0.3, 0.4) is 0 Å². The van der Waals surface area contributed by atoms with E-state index >= 15 is 0 Å². The van der Waals surface area contributed by atoms with Crippen LogP contribution in [0.2, 0.25) is 0 Å². The Hall–Kier alpha value is -0.870. The first-order chi connectivity index (χ1) is 8.81. The van der Waals surface area contributed by atoms with Gasteiger partial charge >= 0.3 is 0 Å². The molecule has 3 nitrogen and oxygen atoms in total. The van der Waals surface area contributed by atoms with Crippen molar-refractivity contribution < 1.29 is 4.79 Å². The van der Waals surface area contributed by atoms with Crippen LogP contribution in [0.1, 0.15) is 43.4 Å². The Bertz CT molecular complexity index is 358. The van der Waals surface area contributed by atoms with Crippen LogP contribution in [0.5, 0.6) is 0 Å². The van der Waals surface area contributed by atoms with E-state index in [4.69, 9.17) is 5.73 Å². The van der Waals surface area contributed by atoms with Gasteiger partial charge in [-0.05, 0) is 24.3 Å². The summed E-state index contributed by atoms with van der Waals surface area (Å²) in [5, 5.41) is 2.07. The number of hydrogen-bond donors (Lipinski definition) is 1. The van der Waals surface area contributed by atoms with Crippen molar-refractivity contribution in [2.24, 2.45) is 5.73 Å². The fourth-order valence-electron chi connectivity index (χ4n) is 2.65. The molecule has 0 aliphatic heterocycles. The maximum atomic E-state index is 12.2. The minimum absolute atomic E-state index is 0.220. The van der Waals surface area contributed by atoms with E-state index in [1.807, 2.05) is 6.07 Å². The first-order valence-corrected chi connectivity index (χ1v) is 7.71. The van der Waals surface area contributed by atoms with Crippen LogP contribution < -0.4 is 5.73 Å². The van der Waals surface area contributed by atoms with E-state index in [1.54, 1.807) is 11.3 Å². The zero-order valence-electron chi connectivity index (χ0n) is 10.8. The topological polar surface area (TPSA) is 46.3 Å². The van der Waals surface area contributed by atoms with Crippen LogP contribution in [-0.4, -0.2) is 23.4 Å². The van der Waals surface area contributed by atoms with Gasteiger partial charge in [0.15, 0.2) is 0 Å². The Morgan fingerprint density at radius 1 is 1.39 bits per heavy atom. The third-order valence-corrected chi connectivity index (χ3v) is 4.46. The lowest BCUT2D eigenvalue weighted by molar-refractivity contribution is -0.134. The van der Waals surface area contributed by atoms with Gasteiger partial charge in [-0.25, -0.2) is 0 Å². The van der Waals surface area contributed by atoms with Crippen molar-refractivity contribution in [3.63, 3.8) is 0 Å². The smallest absolute Gasteiger partial charge is 0.224 e. The summed E-state index contributed by atoms with van der Waals surface area (Å²) in [7, 11) is 0. The number of hydrogen-bond acceptors (Lipinski definition) is 3. The van der Waals surface area contributed by atoms with Crippen molar-refractivity contribution in [3.05, 3.63) is 22.4 Å². The first kappa shape index (κ1) is 13.6. The van der Waals surface area contributed by atoms with Crippen molar-refractivity contribution in [1.29, 1.82) is 0 Å². The molecule has 0 spiro atoms. The molecule has 0 bridgehead atoms. The van der Waals surface area contributed by atoms with Crippen LogP contribution in [0.25, 0.3) is 0 Å². The van der Waals surface area contributed by atoms with Gasteiger partial charge in [0.2, 0.25) is 5.91 Å². The zero-order chi connectivity index (χ0) is 12.8. The van der Waals surface area contributed by atoms with Gasteiger partial charge in [0.1, 0.15) is 0 Å². The molecule has 0 aromatic carbocycles. The van der Waals surface area contributed by atoms with Crippen LogP contribution in [0, 0.1) is 0 Å². The van der Waals surface area contributed by atoms with E-state index in [0.717, 1.165) is 19.4 Å². The SMILES string of the molecule is NCCC(=O)N(Cc1cccs1)C1CCCCC1. The summed E-state index contributed by atoms with van der Waals surface area (Å²) >= 11 is 1.73. The Balaban J connectivity index is 2.03. The molecule has 1 aliphatic carbocycles. The molecule has 1 saturated carbocycles. The third kappa shape index (κ3) is 3.56.